The first-order chi connectivity index (χ1) is 7.96. The SMILES string of the molecule is COc1ccc2c(C(F)(F)C(C)C)coc2c1. The van der Waals surface area contributed by atoms with E-state index in [2.05, 4.69) is 0 Å². The van der Waals surface area contributed by atoms with Gasteiger partial charge in [0.05, 0.1) is 12.7 Å². The summed E-state index contributed by atoms with van der Waals surface area (Å²) in [4.78, 5) is 0. The van der Waals surface area contributed by atoms with Gasteiger partial charge in [0.25, 0.3) is 5.92 Å². The molecule has 17 heavy (non-hydrogen) atoms. The second-order valence-corrected chi connectivity index (χ2v) is 4.29. The molecule has 1 heterocycles. The van der Waals surface area contributed by atoms with Crippen molar-refractivity contribution in [2.75, 3.05) is 7.11 Å². The summed E-state index contributed by atoms with van der Waals surface area (Å²) in [7, 11) is 1.52. The van der Waals surface area contributed by atoms with Crippen molar-refractivity contribution in [2.45, 2.75) is 19.8 Å². The van der Waals surface area contributed by atoms with Crippen LogP contribution in [0.25, 0.3) is 11.0 Å². The lowest BCUT2D eigenvalue weighted by Gasteiger charge is -2.19. The predicted molar refractivity (Wildman–Crippen MR) is 61.5 cm³/mol. The highest BCUT2D eigenvalue weighted by Crippen LogP contribution is 2.40. The molecule has 0 saturated carbocycles. The van der Waals surface area contributed by atoms with Gasteiger partial charge in [-0.3, -0.25) is 0 Å². The van der Waals surface area contributed by atoms with Gasteiger partial charge in [0.15, 0.2) is 0 Å². The van der Waals surface area contributed by atoms with Gasteiger partial charge in [0.2, 0.25) is 0 Å². The molecule has 2 nitrogen and oxygen atoms in total. The maximum absolute atomic E-state index is 13.9. The number of benzene rings is 1. The van der Waals surface area contributed by atoms with E-state index in [0.717, 1.165) is 6.26 Å². The summed E-state index contributed by atoms with van der Waals surface area (Å²) in [5, 5.41) is 0.435. The first-order valence-corrected chi connectivity index (χ1v) is 5.40. The number of ether oxygens (including phenoxy) is 1. The van der Waals surface area contributed by atoms with Gasteiger partial charge >= 0.3 is 0 Å². The van der Waals surface area contributed by atoms with Crippen molar-refractivity contribution in [1.29, 1.82) is 0 Å². The maximum atomic E-state index is 13.9. The predicted octanol–water partition coefficient (Wildman–Crippen LogP) is 4.19. The second kappa shape index (κ2) is 4.02. The fraction of sp³-hybridized carbons (Fsp3) is 0.385. The highest BCUT2D eigenvalue weighted by molar-refractivity contribution is 5.83. The number of hydrogen-bond donors (Lipinski definition) is 0. The molecule has 0 radical (unpaired) electrons. The van der Waals surface area contributed by atoms with Crippen LogP contribution in [-0.2, 0) is 5.92 Å². The molecule has 1 aromatic heterocycles. The summed E-state index contributed by atoms with van der Waals surface area (Å²) < 4.78 is 38.1. The third-order valence-electron chi connectivity index (χ3n) is 2.87. The van der Waals surface area contributed by atoms with Crippen LogP contribution in [0.3, 0.4) is 0 Å². The number of furan rings is 1. The van der Waals surface area contributed by atoms with Gasteiger partial charge < -0.3 is 9.15 Å². The summed E-state index contributed by atoms with van der Waals surface area (Å²) in [6.07, 6.45) is 1.13. The van der Waals surface area contributed by atoms with E-state index in [9.17, 15) is 8.78 Å². The van der Waals surface area contributed by atoms with Crippen LogP contribution in [0.2, 0.25) is 0 Å². The molecule has 0 atom stereocenters. The van der Waals surface area contributed by atoms with Gasteiger partial charge in [-0.15, -0.1) is 0 Å². The number of rotatable bonds is 3. The molecule has 0 unspecified atom stereocenters. The van der Waals surface area contributed by atoms with Crippen LogP contribution in [0.5, 0.6) is 5.75 Å². The Kier molecular flexibility index (Phi) is 2.81. The lowest BCUT2D eigenvalue weighted by molar-refractivity contribution is -0.0505. The highest BCUT2D eigenvalue weighted by Gasteiger charge is 2.38. The summed E-state index contributed by atoms with van der Waals surface area (Å²) in [6.45, 7) is 2.98. The molecule has 92 valence electrons. The quantitative estimate of drug-likeness (QED) is 0.802. The number of alkyl halides is 2. The van der Waals surface area contributed by atoms with Gasteiger partial charge in [-0.05, 0) is 12.1 Å². The number of hydrogen-bond acceptors (Lipinski definition) is 2. The minimum Gasteiger partial charge on any atom is -0.497 e. The number of methoxy groups -OCH3 is 1. The fourth-order valence-corrected chi connectivity index (χ4v) is 1.70. The Bertz CT molecular complexity index is 529. The second-order valence-electron chi connectivity index (χ2n) is 4.29. The van der Waals surface area contributed by atoms with E-state index in [-0.39, 0.29) is 5.56 Å². The van der Waals surface area contributed by atoms with E-state index in [1.807, 2.05) is 0 Å². The fourth-order valence-electron chi connectivity index (χ4n) is 1.70. The summed E-state index contributed by atoms with van der Waals surface area (Å²) in [6, 6.07) is 4.86. The third kappa shape index (κ3) is 1.88. The Labute approximate surface area is 98.2 Å². The van der Waals surface area contributed by atoms with E-state index in [1.165, 1.54) is 21.0 Å². The number of fused-ring (bicyclic) bond motifs is 1. The van der Waals surface area contributed by atoms with E-state index in [4.69, 9.17) is 9.15 Å². The molecule has 0 N–H and O–H groups in total. The van der Waals surface area contributed by atoms with Crippen LogP contribution in [-0.4, -0.2) is 7.11 Å². The van der Waals surface area contributed by atoms with Crippen molar-refractivity contribution in [3.63, 3.8) is 0 Å². The van der Waals surface area contributed by atoms with Gasteiger partial charge in [0.1, 0.15) is 17.6 Å². The van der Waals surface area contributed by atoms with Gasteiger partial charge in [0, 0.05) is 17.4 Å². The van der Waals surface area contributed by atoms with Crippen molar-refractivity contribution in [1.82, 2.24) is 0 Å². The Morgan fingerprint density at radius 1 is 1.29 bits per heavy atom. The first-order valence-electron chi connectivity index (χ1n) is 5.40. The molecule has 0 aliphatic carbocycles. The van der Waals surface area contributed by atoms with Crippen LogP contribution >= 0.6 is 0 Å². The van der Waals surface area contributed by atoms with Gasteiger partial charge in [-0.1, -0.05) is 13.8 Å². The van der Waals surface area contributed by atoms with Crippen LogP contribution in [0.15, 0.2) is 28.9 Å². The van der Waals surface area contributed by atoms with Crippen molar-refractivity contribution in [3.8, 4) is 5.75 Å². The minimum atomic E-state index is -2.89. The molecule has 0 amide bonds. The van der Waals surface area contributed by atoms with Crippen molar-refractivity contribution in [3.05, 3.63) is 30.0 Å². The molecule has 0 aliphatic heterocycles. The highest BCUT2D eigenvalue weighted by atomic mass is 19.3. The molecule has 0 bridgehead atoms. The Morgan fingerprint density at radius 2 is 2.00 bits per heavy atom. The van der Waals surface area contributed by atoms with E-state index < -0.39 is 11.8 Å². The van der Waals surface area contributed by atoms with E-state index in [1.54, 1.807) is 18.2 Å². The molecule has 4 heteroatoms. The molecular formula is C13H14F2O2. The van der Waals surface area contributed by atoms with Crippen LogP contribution < -0.4 is 4.74 Å². The maximum Gasteiger partial charge on any atom is 0.279 e. The van der Waals surface area contributed by atoms with Crippen molar-refractivity contribution in [2.24, 2.45) is 5.92 Å². The molecule has 0 aliphatic rings. The van der Waals surface area contributed by atoms with Crippen LogP contribution in [0.4, 0.5) is 8.78 Å². The Morgan fingerprint density at radius 3 is 2.59 bits per heavy atom. The average Bonchev–Trinajstić information content (AvgIpc) is 2.71. The molecule has 1 aromatic carbocycles. The zero-order chi connectivity index (χ0) is 12.6. The van der Waals surface area contributed by atoms with Crippen LogP contribution in [0.1, 0.15) is 19.4 Å². The first kappa shape index (κ1) is 11.9. The van der Waals surface area contributed by atoms with E-state index >= 15 is 0 Å². The molecule has 2 rings (SSSR count). The van der Waals surface area contributed by atoms with Crippen molar-refractivity contribution < 1.29 is 17.9 Å². The Balaban J connectivity index is 2.57. The van der Waals surface area contributed by atoms with Gasteiger partial charge in [-0.2, -0.15) is 0 Å². The largest absolute Gasteiger partial charge is 0.497 e. The summed E-state index contributed by atoms with van der Waals surface area (Å²) >= 11 is 0. The standard InChI is InChI=1S/C13H14F2O2/c1-8(2)13(14,15)11-7-17-12-6-9(16-3)4-5-10(11)12/h4-8H,1-3H3. The summed E-state index contributed by atoms with van der Waals surface area (Å²) in [5.41, 5.74) is 0.352. The summed E-state index contributed by atoms with van der Waals surface area (Å²) in [5.74, 6) is -3.07. The molecule has 0 saturated heterocycles. The normalized spacial score (nSPS) is 12.4. The molecule has 2 aromatic rings. The Hall–Kier alpha value is -1.58. The minimum absolute atomic E-state index is 0.0647. The topological polar surface area (TPSA) is 22.4 Å². The lowest BCUT2D eigenvalue weighted by atomic mass is 9.97. The van der Waals surface area contributed by atoms with Crippen LogP contribution in [0, 0.1) is 5.92 Å². The van der Waals surface area contributed by atoms with Gasteiger partial charge in [-0.25, -0.2) is 8.78 Å². The van der Waals surface area contributed by atoms with E-state index in [0.29, 0.717) is 16.7 Å². The lowest BCUT2D eigenvalue weighted by Crippen LogP contribution is -2.20. The molecule has 0 fully saturated rings. The number of halogens is 2. The monoisotopic (exact) mass is 240 g/mol. The molecular weight excluding hydrogens is 226 g/mol. The smallest absolute Gasteiger partial charge is 0.279 e. The van der Waals surface area contributed by atoms with Crippen molar-refractivity contribution >= 4 is 11.0 Å². The zero-order valence-electron chi connectivity index (χ0n) is 9.96. The molecule has 0 spiro atoms. The average molecular weight is 240 g/mol. The zero-order valence-corrected chi connectivity index (χ0v) is 9.96. The third-order valence-corrected chi connectivity index (χ3v) is 2.87.